The molecule has 0 aliphatic rings. The quantitative estimate of drug-likeness (QED) is 0.520. The molecule has 4 heteroatoms. The van der Waals surface area contributed by atoms with Crippen LogP contribution in [0.3, 0.4) is 0 Å². The van der Waals surface area contributed by atoms with Gasteiger partial charge >= 0.3 is 0 Å². The van der Waals surface area contributed by atoms with Crippen molar-refractivity contribution in [3.63, 3.8) is 0 Å². The Morgan fingerprint density at radius 2 is 1.85 bits per heavy atom. The van der Waals surface area contributed by atoms with Crippen molar-refractivity contribution in [2.45, 2.75) is 79.3 Å². The van der Waals surface area contributed by atoms with Crippen LogP contribution in [0.5, 0.6) is 11.5 Å². The van der Waals surface area contributed by atoms with Crippen molar-refractivity contribution in [3.05, 3.63) is 23.8 Å². The molecule has 0 spiro atoms. The lowest BCUT2D eigenvalue weighted by Gasteiger charge is -2.32. The number of carbonyl (C=O) groups excluding carboxylic acids is 1. The molecule has 0 fully saturated rings. The molecule has 0 heterocycles. The van der Waals surface area contributed by atoms with Gasteiger partial charge in [0.25, 0.3) is 0 Å². The zero-order valence-corrected chi connectivity index (χ0v) is 17.7. The molecule has 148 valence electrons. The third-order valence-electron chi connectivity index (χ3n) is 4.59. The molecule has 0 saturated carbocycles. The summed E-state index contributed by atoms with van der Waals surface area (Å²) in [5.41, 5.74) is 0.987. The minimum atomic E-state index is -0.0253. The minimum absolute atomic E-state index is 0.0253. The molecule has 0 saturated heterocycles. The maximum atomic E-state index is 13.0. The fourth-order valence-corrected chi connectivity index (χ4v) is 3.06. The molecule has 0 aromatic heterocycles. The summed E-state index contributed by atoms with van der Waals surface area (Å²) in [7, 11) is 3.30. The largest absolute Gasteiger partial charge is 0.497 e. The van der Waals surface area contributed by atoms with Gasteiger partial charge in [0.2, 0.25) is 5.91 Å². The maximum absolute atomic E-state index is 13.0. The number of amides is 1. The van der Waals surface area contributed by atoms with E-state index in [4.69, 9.17) is 9.47 Å². The summed E-state index contributed by atoms with van der Waals surface area (Å²) in [6.07, 6.45) is 5.12. The van der Waals surface area contributed by atoms with Crippen LogP contribution >= 0.6 is 0 Å². The number of unbranched alkanes of at least 4 members (excludes halogenated alkanes) is 2. The van der Waals surface area contributed by atoms with Gasteiger partial charge in [0.1, 0.15) is 11.5 Å². The van der Waals surface area contributed by atoms with Gasteiger partial charge in [0.05, 0.1) is 14.2 Å². The van der Waals surface area contributed by atoms with Crippen LogP contribution in [-0.4, -0.2) is 31.1 Å². The van der Waals surface area contributed by atoms with E-state index in [1.54, 1.807) is 14.2 Å². The monoisotopic (exact) mass is 363 g/mol. The van der Waals surface area contributed by atoms with E-state index < -0.39 is 0 Å². The van der Waals surface area contributed by atoms with E-state index >= 15 is 0 Å². The highest BCUT2D eigenvalue weighted by molar-refractivity contribution is 5.77. The smallest absolute Gasteiger partial charge is 0.223 e. The molecule has 0 radical (unpaired) electrons. The van der Waals surface area contributed by atoms with Crippen LogP contribution in [0.2, 0.25) is 0 Å². The molecule has 1 amide bonds. The number of rotatable bonds is 10. The Kier molecular flexibility index (Phi) is 8.97. The van der Waals surface area contributed by atoms with Crippen LogP contribution in [0, 0.1) is 5.41 Å². The summed E-state index contributed by atoms with van der Waals surface area (Å²) in [4.78, 5) is 15.0. The van der Waals surface area contributed by atoms with Crippen LogP contribution in [0.1, 0.15) is 72.3 Å². The summed E-state index contributed by atoms with van der Waals surface area (Å²) < 4.78 is 10.8. The molecule has 1 aromatic rings. The second-order valence-electron chi connectivity index (χ2n) is 8.28. The summed E-state index contributed by atoms with van der Waals surface area (Å²) in [6, 6.07) is 6.01. The first-order valence-corrected chi connectivity index (χ1v) is 9.72. The Balaban J connectivity index is 3.02. The first kappa shape index (κ1) is 22.3. The van der Waals surface area contributed by atoms with E-state index in [0.717, 1.165) is 29.9 Å². The van der Waals surface area contributed by atoms with Crippen LogP contribution in [0.4, 0.5) is 0 Å². The molecule has 0 bridgehead atoms. The molecule has 0 aliphatic heterocycles. The highest BCUT2D eigenvalue weighted by atomic mass is 16.5. The molecular weight excluding hydrogens is 326 g/mol. The van der Waals surface area contributed by atoms with E-state index in [2.05, 4.69) is 34.6 Å². The summed E-state index contributed by atoms with van der Waals surface area (Å²) >= 11 is 0. The van der Waals surface area contributed by atoms with Crippen molar-refractivity contribution in [1.82, 2.24) is 4.90 Å². The second-order valence-corrected chi connectivity index (χ2v) is 8.28. The first-order chi connectivity index (χ1) is 12.2. The molecule has 1 atom stereocenters. The average molecular weight is 364 g/mol. The van der Waals surface area contributed by atoms with Crippen molar-refractivity contribution < 1.29 is 14.3 Å². The minimum Gasteiger partial charge on any atom is -0.497 e. The van der Waals surface area contributed by atoms with Crippen LogP contribution < -0.4 is 9.47 Å². The van der Waals surface area contributed by atoms with E-state index in [1.807, 2.05) is 23.1 Å². The molecule has 1 unspecified atom stereocenters. The molecule has 1 rings (SSSR count). The Labute approximate surface area is 159 Å². The van der Waals surface area contributed by atoms with Crippen molar-refractivity contribution in [2.24, 2.45) is 5.41 Å². The van der Waals surface area contributed by atoms with Gasteiger partial charge in [-0.2, -0.15) is 0 Å². The fourth-order valence-electron chi connectivity index (χ4n) is 3.06. The van der Waals surface area contributed by atoms with Crippen molar-refractivity contribution in [3.8, 4) is 11.5 Å². The lowest BCUT2D eigenvalue weighted by molar-refractivity contribution is -0.136. The summed E-state index contributed by atoms with van der Waals surface area (Å²) in [6.45, 7) is 11.3. The Morgan fingerprint density at radius 1 is 1.15 bits per heavy atom. The SMILES string of the molecule is CCCCCC(C)N(Cc1ccc(OC)cc1OC)C(=O)CC(C)(C)C. The second kappa shape index (κ2) is 10.4. The standard InChI is InChI=1S/C22H37NO3/c1-8-9-10-11-17(2)23(21(24)15-22(3,4)5)16-18-12-13-19(25-6)14-20(18)26-7/h12-14,17H,8-11,15-16H2,1-7H3. The molecule has 4 nitrogen and oxygen atoms in total. The highest BCUT2D eigenvalue weighted by Crippen LogP contribution is 2.28. The van der Waals surface area contributed by atoms with Crippen molar-refractivity contribution >= 4 is 5.91 Å². The van der Waals surface area contributed by atoms with Crippen LogP contribution in [0.25, 0.3) is 0 Å². The molecular formula is C22H37NO3. The molecule has 26 heavy (non-hydrogen) atoms. The number of hydrogen-bond acceptors (Lipinski definition) is 3. The van der Waals surface area contributed by atoms with Gasteiger partial charge < -0.3 is 14.4 Å². The number of nitrogens with zero attached hydrogens (tertiary/aromatic N) is 1. The van der Waals surface area contributed by atoms with E-state index in [-0.39, 0.29) is 17.4 Å². The normalized spacial score (nSPS) is 12.6. The van der Waals surface area contributed by atoms with Crippen molar-refractivity contribution in [1.29, 1.82) is 0 Å². The van der Waals surface area contributed by atoms with E-state index in [0.29, 0.717) is 13.0 Å². The van der Waals surface area contributed by atoms with Gasteiger partial charge in [-0.3, -0.25) is 4.79 Å². The summed E-state index contributed by atoms with van der Waals surface area (Å²) in [5.74, 6) is 1.73. The lowest BCUT2D eigenvalue weighted by atomic mass is 9.91. The predicted octanol–water partition coefficient (Wildman–Crippen LogP) is 5.44. The maximum Gasteiger partial charge on any atom is 0.223 e. The van der Waals surface area contributed by atoms with E-state index in [9.17, 15) is 4.79 Å². The van der Waals surface area contributed by atoms with Gasteiger partial charge in [-0.1, -0.05) is 47.0 Å². The number of benzene rings is 1. The number of methoxy groups -OCH3 is 2. The average Bonchev–Trinajstić information content (AvgIpc) is 2.58. The first-order valence-electron chi connectivity index (χ1n) is 9.72. The van der Waals surface area contributed by atoms with Crippen LogP contribution in [0.15, 0.2) is 18.2 Å². The van der Waals surface area contributed by atoms with Crippen LogP contribution in [-0.2, 0) is 11.3 Å². The topological polar surface area (TPSA) is 38.8 Å². The third-order valence-corrected chi connectivity index (χ3v) is 4.59. The zero-order chi connectivity index (χ0) is 19.7. The number of carbonyl (C=O) groups is 1. The van der Waals surface area contributed by atoms with Gasteiger partial charge in [-0.15, -0.1) is 0 Å². The fraction of sp³-hybridized carbons (Fsp3) is 0.682. The van der Waals surface area contributed by atoms with Gasteiger partial charge in [0.15, 0.2) is 0 Å². The third kappa shape index (κ3) is 7.27. The Hall–Kier alpha value is -1.71. The Morgan fingerprint density at radius 3 is 2.38 bits per heavy atom. The zero-order valence-electron chi connectivity index (χ0n) is 17.7. The van der Waals surface area contributed by atoms with Gasteiger partial charge in [0, 0.05) is 30.6 Å². The van der Waals surface area contributed by atoms with Gasteiger partial charge in [-0.05, 0) is 30.9 Å². The molecule has 1 aromatic carbocycles. The number of hydrogen-bond donors (Lipinski definition) is 0. The number of ether oxygens (including phenoxy) is 2. The van der Waals surface area contributed by atoms with E-state index in [1.165, 1.54) is 12.8 Å². The molecule has 0 N–H and O–H groups in total. The van der Waals surface area contributed by atoms with Gasteiger partial charge in [-0.25, -0.2) is 0 Å². The molecule has 0 aliphatic carbocycles. The summed E-state index contributed by atoms with van der Waals surface area (Å²) in [5, 5.41) is 0. The predicted molar refractivity (Wildman–Crippen MR) is 108 cm³/mol. The Bertz CT molecular complexity index is 563. The highest BCUT2D eigenvalue weighted by Gasteiger charge is 2.25. The lowest BCUT2D eigenvalue weighted by Crippen LogP contribution is -2.39. The van der Waals surface area contributed by atoms with Crippen molar-refractivity contribution in [2.75, 3.05) is 14.2 Å².